The molecule has 0 aliphatic carbocycles. The van der Waals surface area contributed by atoms with Crippen molar-refractivity contribution in [2.45, 2.75) is 13.8 Å². The van der Waals surface area contributed by atoms with E-state index in [9.17, 15) is 9.18 Å². The van der Waals surface area contributed by atoms with E-state index in [1.54, 1.807) is 12.1 Å². The van der Waals surface area contributed by atoms with E-state index in [4.69, 9.17) is 4.98 Å². The predicted octanol–water partition coefficient (Wildman–Crippen LogP) is 3.95. The van der Waals surface area contributed by atoms with Gasteiger partial charge in [-0.05, 0) is 55.3 Å². The molecule has 138 valence electrons. The minimum atomic E-state index is -0.329. The Morgan fingerprint density at radius 2 is 1.67 bits per heavy atom. The highest BCUT2D eigenvalue weighted by atomic mass is 19.1. The summed E-state index contributed by atoms with van der Waals surface area (Å²) in [6, 6.07) is 14.1. The summed E-state index contributed by atoms with van der Waals surface area (Å²) in [5.74, 6) is 0.584. The van der Waals surface area contributed by atoms with Gasteiger partial charge in [0.1, 0.15) is 11.6 Å². The number of halogens is 1. The zero-order valence-corrected chi connectivity index (χ0v) is 15.6. The van der Waals surface area contributed by atoms with Crippen LogP contribution in [0.4, 0.5) is 10.2 Å². The van der Waals surface area contributed by atoms with Crippen LogP contribution >= 0.6 is 0 Å². The Hall–Kier alpha value is -2.95. The normalized spacial score (nSPS) is 14.6. The monoisotopic (exact) mass is 363 g/mol. The van der Waals surface area contributed by atoms with E-state index in [1.165, 1.54) is 28.6 Å². The standard InChI is InChI=1S/C22H22FN3O/c1-15-4-3-5-19-16(2)14-20(24-21(15)19)25-10-12-26(13-11-25)22(27)17-6-8-18(23)9-7-17/h3-9,14H,10-13H2,1-2H3. The predicted molar refractivity (Wildman–Crippen MR) is 106 cm³/mol. The number of aromatic nitrogens is 1. The van der Waals surface area contributed by atoms with E-state index < -0.39 is 0 Å². The van der Waals surface area contributed by atoms with Gasteiger partial charge < -0.3 is 9.80 Å². The molecule has 4 nitrogen and oxygen atoms in total. The molecule has 3 aromatic rings. The first-order valence-electron chi connectivity index (χ1n) is 9.20. The number of pyridine rings is 1. The Morgan fingerprint density at radius 1 is 0.963 bits per heavy atom. The van der Waals surface area contributed by atoms with Gasteiger partial charge in [0.25, 0.3) is 5.91 Å². The second-order valence-corrected chi connectivity index (χ2v) is 7.05. The highest BCUT2D eigenvalue weighted by Crippen LogP contribution is 2.25. The fourth-order valence-corrected chi connectivity index (χ4v) is 3.62. The molecule has 0 spiro atoms. The van der Waals surface area contributed by atoms with Gasteiger partial charge in [0.2, 0.25) is 0 Å². The van der Waals surface area contributed by atoms with Crippen molar-refractivity contribution in [2.75, 3.05) is 31.1 Å². The Labute approximate surface area is 158 Å². The number of hydrogen-bond donors (Lipinski definition) is 0. The summed E-state index contributed by atoms with van der Waals surface area (Å²) in [4.78, 5) is 21.5. The van der Waals surface area contributed by atoms with Crippen LogP contribution in [0.3, 0.4) is 0 Å². The van der Waals surface area contributed by atoms with Crippen molar-refractivity contribution in [3.63, 3.8) is 0 Å². The number of benzene rings is 2. The van der Waals surface area contributed by atoms with Crippen molar-refractivity contribution in [3.05, 3.63) is 71.0 Å². The molecular formula is C22H22FN3O. The van der Waals surface area contributed by atoms with Gasteiger partial charge in [-0.3, -0.25) is 4.79 Å². The summed E-state index contributed by atoms with van der Waals surface area (Å²) >= 11 is 0. The van der Waals surface area contributed by atoms with Gasteiger partial charge in [0.05, 0.1) is 5.52 Å². The third-order valence-corrected chi connectivity index (χ3v) is 5.22. The minimum Gasteiger partial charge on any atom is -0.353 e. The molecule has 5 heteroatoms. The van der Waals surface area contributed by atoms with Crippen LogP contribution < -0.4 is 4.90 Å². The number of carbonyl (C=O) groups excluding carboxylic acids is 1. The van der Waals surface area contributed by atoms with Gasteiger partial charge in [0, 0.05) is 37.1 Å². The summed E-state index contributed by atoms with van der Waals surface area (Å²) < 4.78 is 13.1. The molecule has 0 atom stereocenters. The van der Waals surface area contributed by atoms with Gasteiger partial charge in [-0.1, -0.05) is 18.2 Å². The molecule has 1 aliphatic rings. The molecule has 1 aromatic heterocycles. The molecule has 1 fully saturated rings. The van der Waals surface area contributed by atoms with Crippen LogP contribution in [0.1, 0.15) is 21.5 Å². The Kier molecular flexibility index (Phi) is 4.52. The Morgan fingerprint density at radius 3 is 2.37 bits per heavy atom. The smallest absolute Gasteiger partial charge is 0.253 e. The summed E-state index contributed by atoms with van der Waals surface area (Å²) in [5, 5.41) is 1.18. The number of aryl methyl sites for hydroxylation is 2. The number of fused-ring (bicyclic) bond motifs is 1. The molecule has 1 saturated heterocycles. The van der Waals surface area contributed by atoms with Gasteiger partial charge in [-0.15, -0.1) is 0 Å². The largest absolute Gasteiger partial charge is 0.353 e. The SMILES string of the molecule is Cc1cc(N2CCN(C(=O)c3ccc(F)cc3)CC2)nc2c(C)cccc12. The molecule has 0 unspecified atom stereocenters. The second-order valence-electron chi connectivity index (χ2n) is 7.05. The van der Waals surface area contributed by atoms with Gasteiger partial charge in [-0.25, -0.2) is 9.37 Å². The molecule has 0 N–H and O–H groups in total. The van der Waals surface area contributed by atoms with Crippen molar-refractivity contribution < 1.29 is 9.18 Å². The van der Waals surface area contributed by atoms with Crippen LogP contribution in [0, 0.1) is 19.7 Å². The summed E-state index contributed by atoms with van der Waals surface area (Å²) in [6.45, 7) is 6.91. The van der Waals surface area contributed by atoms with Crippen LogP contribution in [-0.2, 0) is 0 Å². The molecule has 0 bridgehead atoms. The van der Waals surface area contributed by atoms with Crippen LogP contribution in [0.2, 0.25) is 0 Å². The molecule has 1 amide bonds. The number of rotatable bonds is 2. The van der Waals surface area contributed by atoms with E-state index >= 15 is 0 Å². The van der Waals surface area contributed by atoms with E-state index in [1.807, 2.05) is 4.90 Å². The average Bonchev–Trinajstić information content (AvgIpc) is 2.69. The van der Waals surface area contributed by atoms with Crippen LogP contribution in [0.25, 0.3) is 10.9 Å². The third-order valence-electron chi connectivity index (χ3n) is 5.22. The third kappa shape index (κ3) is 3.37. The van der Waals surface area contributed by atoms with Gasteiger partial charge in [-0.2, -0.15) is 0 Å². The minimum absolute atomic E-state index is 0.0480. The zero-order valence-electron chi connectivity index (χ0n) is 15.6. The van der Waals surface area contributed by atoms with Crippen LogP contribution in [0.15, 0.2) is 48.5 Å². The molecule has 1 aliphatic heterocycles. The molecule has 2 heterocycles. The van der Waals surface area contributed by atoms with E-state index in [0.29, 0.717) is 18.7 Å². The molecule has 4 rings (SSSR count). The highest BCUT2D eigenvalue weighted by Gasteiger charge is 2.23. The van der Waals surface area contributed by atoms with Gasteiger partial charge in [0.15, 0.2) is 0 Å². The number of amides is 1. The molecule has 27 heavy (non-hydrogen) atoms. The van der Waals surface area contributed by atoms with Gasteiger partial charge >= 0.3 is 0 Å². The van der Waals surface area contributed by atoms with Crippen LogP contribution in [0.5, 0.6) is 0 Å². The number of piperazine rings is 1. The Balaban J connectivity index is 1.51. The highest BCUT2D eigenvalue weighted by molar-refractivity contribution is 5.94. The van der Waals surface area contributed by atoms with Crippen molar-refractivity contribution in [1.82, 2.24) is 9.88 Å². The molecule has 0 saturated carbocycles. The summed E-state index contributed by atoms with van der Waals surface area (Å²) in [5.41, 5.74) is 3.95. The average molecular weight is 363 g/mol. The lowest BCUT2D eigenvalue weighted by Crippen LogP contribution is -2.49. The lowest BCUT2D eigenvalue weighted by Gasteiger charge is -2.35. The lowest BCUT2D eigenvalue weighted by atomic mass is 10.1. The van der Waals surface area contributed by atoms with Crippen molar-refractivity contribution >= 4 is 22.6 Å². The number of hydrogen-bond acceptors (Lipinski definition) is 3. The van der Waals surface area contributed by atoms with Crippen LogP contribution in [-0.4, -0.2) is 42.0 Å². The number of carbonyl (C=O) groups is 1. The maximum Gasteiger partial charge on any atom is 0.253 e. The fraction of sp³-hybridized carbons (Fsp3) is 0.273. The van der Waals surface area contributed by atoms with E-state index in [-0.39, 0.29) is 11.7 Å². The lowest BCUT2D eigenvalue weighted by molar-refractivity contribution is 0.0746. The van der Waals surface area contributed by atoms with Crippen molar-refractivity contribution in [3.8, 4) is 0 Å². The first kappa shape index (κ1) is 17.5. The second kappa shape index (κ2) is 6.99. The van der Waals surface area contributed by atoms with Crippen molar-refractivity contribution in [1.29, 1.82) is 0 Å². The summed E-state index contributed by atoms with van der Waals surface area (Å²) in [7, 11) is 0. The molecule has 2 aromatic carbocycles. The molecule has 0 radical (unpaired) electrons. The topological polar surface area (TPSA) is 36.4 Å². The summed E-state index contributed by atoms with van der Waals surface area (Å²) in [6.07, 6.45) is 0. The quantitative estimate of drug-likeness (QED) is 0.692. The number of nitrogens with zero attached hydrogens (tertiary/aromatic N) is 3. The number of anilines is 1. The fourth-order valence-electron chi connectivity index (χ4n) is 3.62. The first-order valence-corrected chi connectivity index (χ1v) is 9.20. The van der Waals surface area contributed by atoms with Crippen molar-refractivity contribution in [2.24, 2.45) is 0 Å². The number of para-hydroxylation sites is 1. The zero-order chi connectivity index (χ0) is 19.0. The molecular weight excluding hydrogens is 341 g/mol. The first-order chi connectivity index (χ1) is 13.0. The van der Waals surface area contributed by atoms with E-state index in [2.05, 4.69) is 43.0 Å². The van der Waals surface area contributed by atoms with E-state index in [0.717, 1.165) is 24.4 Å². The maximum absolute atomic E-state index is 13.1. The Bertz CT molecular complexity index is 992. The maximum atomic E-state index is 13.1.